The lowest BCUT2D eigenvalue weighted by molar-refractivity contribution is -0.133. The molecule has 1 amide bonds. The maximum absolute atomic E-state index is 12.3. The molecule has 3 rings (SSSR count). The Kier molecular flexibility index (Phi) is 7.34. The van der Waals surface area contributed by atoms with Gasteiger partial charge in [-0.25, -0.2) is 0 Å². The van der Waals surface area contributed by atoms with Crippen molar-refractivity contribution in [3.63, 3.8) is 0 Å². The molecule has 2 aliphatic rings. The minimum atomic E-state index is 0. The van der Waals surface area contributed by atoms with Crippen LogP contribution >= 0.6 is 12.4 Å². The summed E-state index contributed by atoms with van der Waals surface area (Å²) in [5, 5.41) is 3.41. The number of aryl methyl sites for hydroxylation is 1. The summed E-state index contributed by atoms with van der Waals surface area (Å²) in [7, 11) is 0. The first-order chi connectivity index (χ1) is 11.2. The third-order valence-electron chi connectivity index (χ3n) is 4.79. The first-order valence-corrected chi connectivity index (χ1v) is 8.64. The zero-order valence-corrected chi connectivity index (χ0v) is 15.2. The minimum Gasteiger partial charge on any atom is -0.493 e. The van der Waals surface area contributed by atoms with Crippen molar-refractivity contribution < 1.29 is 9.53 Å². The van der Waals surface area contributed by atoms with Gasteiger partial charge in [-0.1, -0.05) is 12.1 Å². The summed E-state index contributed by atoms with van der Waals surface area (Å²) in [6, 6.07) is 8.61. The quantitative estimate of drug-likeness (QED) is 0.875. The lowest BCUT2D eigenvalue weighted by atomic mass is 10.2. The standard InChI is InChI=1S/C18H27N3O2.ClH/c1-15-3-2-4-17(13-15)23-12-6-18(22)21-10-8-20(9-11-21)16-5-7-19-14-16;/h2-4,13,16,19H,5-12,14H2,1H3;1H. The average Bonchev–Trinajstić information content (AvgIpc) is 3.09. The second-order valence-corrected chi connectivity index (χ2v) is 6.48. The Morgan fingerprint density at radius 3 is 2.75 bits per heavy atom. The smallest absolute Gasteiger partial charge is 0.226 e. The van der Waals surface area contributed by atoms with Crippen LogP contribution in [0.5, 0.6) is 5.75 Å². The van der Waals surface area contributed by atoms with Crippen LogP contribution in [0.15, 0.2) is 24.3 Å². The van der Waals surface area contributed by atoms with E-state index in [1.54, 1.807) is 0 Å². The van der Waals surface area contributed by atoms with Crippen LogP contribution in [0.4, 0.5) is 0 Å². The van der Waals surface area contributed by atoms with Crippen LogP contribution in [0.25, 0.3) is 0 Å². The number of rotatable bonds is 5. The maximum Gasteiger partial charge on any atom is 0.226 e. The number of nitrogens with zero attached hydrogens (tertiary/aromatic N) is 2. The molecule has 2 heterocycles. The van der Waals surface area contributed by atoms with E-state index in [-0.39, 0.29) is 18.3 Å². The molecule has 2 aliphatic heterocycles. The Bertz CT molecular complexity index is 527. The van der Waals surface area contributed by atoms with E-state index in [0.29, 0.717) is 19.1 Å². The van der Waals surface area contributed by atoms with Gasteiger partial charge in [-0.05, 0) is 37.6 Å². The number of amides is 1. The van der Waals surface area contributed by atoms with E-state index in [9.17, 15) is 4.79 Å². The normalized spacial score (nSPS) is 21.4. The third-order valence-corrected chi connectivity index (χ3v) is 4.79. The van der Waals surface area contributed by atoms with E-state index in [1.165, 1.54) is 12.0 Å². The molecule has 0 bridgehead atoms. The zero-order chi connectivity index (χ0) is 16.1. The fourth-order valence-corrected chi connectivity index (χ4v) is 3.41. The molecule has 0 aromatic heterocycles. The second-order valence-electron chi connectivity index (χ2n) is 6.48. The number of benzene rings is 1. The topological polar surface area (TPSA) is 44.8 Å². The van der Waals surface area contributed by atoms with E-state index < -0.39 is 0 Å². The summed E-state index contributed by atoms with van der Waals surface area (Å²) in [6.45, 7) is 8.40. The Morgan fingerprint density at radius 1 is 1.29 bits per heavy atom. The summed E-state index contributed by atoms with van der Waals surface area (Å²) < 4.78 is 5.68. The zero-order valence-electron chi connectivity index (χ0n) is 14.4. The molecule has 1 atom stereocenters. The number of carbonyl (C=O) groups excluding carboxylic acids is 1. The highest BCUT2D eigenvalue weighted by atomic mass is 35.5. The monoisotopic (exact) mass is 353 g/mol. The van der Waals surface area contributed by atoms with E-state index in [0.717, 1.165) is 45.0 Å². The molecule has 0 radical (unpaired) electrons. The SMILES string of the molecule is Cc1cccc(OCCC(=O)N2CCN(C3CCNC3)CC2)c1.Cl. The number of halogens is 1. The van der Waals surface area contributed by atoms with Crippen molar-refractivity contribution in [1.29, 1.82) is 0 Å². The molecule has 1 N–H and O–H groups in total. The molecular weight excluding hydrogens is 326 g/mol. The minimum absolute atomic E-state index is 0. The van der Waals surface area contributed by atoms with Crippen LogP contribution in [-0.4, -0.2) is 67.6 Å². The molecular formula is C18H28ClN3O2. The predicted molar refractivity (Wildman–Crippen MR) is 98.0 cm³/mol. The van der Waals surface area contributed by atoms with E-state index in [4.69, 9.17) is 4.74 Å². The van der Waals surface area contributed by atoms with E-state index >= 15 is 0 Å². The van der Waals surface area contributed by atoms with Crippen molar-refractivity contribution >= 4 is 18.3 Å². The summed E-state index contributed by atoms with van der Waals surface area (Å²) in [5.74, 6) is 1.05. The van der Waals surface area contributed by atoms with E-state index in [1.807, 2.05) is 36.1 Å². The Balaban J connectivity index is 0.00000208. The Labute approximate surface area is 150 Å². The van der Waals surface area contributed by atoms with E-state index in [2.05, 4.69) is 10.2 Å². The molecule has 134 valence electrons. The highest BCUT2D eigenvalue weighted by Crippen LogP contribution is 2.14. The molecule has 24 heavy (non-hydrogen) atoms. The number of hydrogen-bond acceptors (Lipinski definition) is 4. The molecule has 5 nitrogen and oxygen atoms in total. The fraction of sp³-hybridized carbons (Fsp3) is 0.611. The van der Waals surface area contributed by atoms with Crippen molar-refractivity contribution in [3.05, 3.63) is 29.8 Å². The fourth-order valence-electron chi connectivity index (χ4n) is 3.41. The van der Waals surface area contributed by atoms with Gasteiger partial charge < -0.3 is 15.0 Å². The highest BCUT2D eigenvalue weighted by Gasteiger charge is 2.27. The van der Waals surface area contributed by atoms with Crippen LogP contribution in [0.3, 0.4) is 0 Å². The summed E-state index contributed by atoms with van der Waals surface area (Å²) in [5.41, 5.74) is 1.17. The van der Waals surface area contributed by atoms with Gasteiger partial charge in [0.05, 0.1) is 13.0 Å². The molecule has 6 heteroatoms. The first-order valence-electron chi connectivity index (χ1n) is 8.64. The summed E-state index contributed by atoms with van der Waals surface area (Å²) in [6.07, 6.45) is 1.69. The molecule has 2 fully saturated rings. The van der Waals surface area contributed by atoms with Gasteiger partial charge >= 0.3 is 0 Å². The van der Waals surface area contributed by atoms with Crippen LogP contribution in [-0.2, 0) is 4.79 Å². The number of nitrogens with one attached hydrogen (secondary N) is 1. The van der Waals surface area contributed by atoms with Crippen molar-refractivity contribution in [3.8, 4) is 5.75 Å². The van der Waals surface area contributed by atoms with Crippen molar-refractivity contribution in [1.82, 2.24) is 15.1 Å². The van der Waals surface area contributed by atoms with Gasteiger partial charge in [-0.2, -0.15) is 0 Å². The lowest BCUT2D eigenvalue weighted by Crippen LogP contribution is -2.52. The average molecular weight is 354 g/mol. The van der Waals surface area contributed by atoms with Gasteiger partial charge in [0, 0.05) is 38.8 Å². The maximum atomic E-state index is 12.3. The third kappa shape index (κ3) is 5.10. The number of hydrogen-bond donors (Lipinski definition) is 1. The largest absolute Gasteiger partial charge is 0.493 e. The first kappa shape index (κ1) is 19.0. The molecule has 0 spiro atoms. The van der Waals surface area contributed by atoms with Crippen molar-refractivity contribution in [2.45, 2.75) is 25.8 Å². The van der Waals surface area contributed by atoms with Crippen molar-refractivity contribution in [2.24, 2.45) is 0 Å². The van der Waals surface area contributed by atoms with Gasteiger partial charge in [0.25, 0.3) is 0 Å². The van der Waals surface area contributed by atoms with Gasteiger partial charge in [0.15, 0.2) is 0 Å². The van der Waals surface area contributed by atoms with Crippen molar-refractivity contribution in [2.75, 3.05) is 45.9 Å². The number of carbonyl (C=O) groups is 1. The summed E-state index contributed by atoms with van der Waals surface area (Å²) >= 11 is 0. The molecule has 1 aromatic carbocycles. The molecule has 1 aromatic rings. The molecule has 0 aliphatic carbocycles. The van der Waals surface area contributed by atoms with Crippen LogP contribution in [0.2, 0.25) is 0 Å². The van der Waals surface area contributed by atoms with Gasteiger partial charge in [-0.3, -0.25) is 9.69 Å². The number of ether oxygens (including phenoxy) is 1. The predicted octanol–water partition coefficient (Wildman–Crippen LogP) is 1.69. The van der Waals surface area contributed by atoms with Crippen LogP contribution in [0.1, 0.15) is 18.4 Å². The molecule has 1 unspecified atom stereocenters. The van der Waals surface area contributed by atoms with Crippen LogP contribution in [0, 0.1) is 6.92 Å². The molecule has 2 saturated heterocycles. The Hall–Kier alpha value is -1.30. The van der Waals surface area contributed by atoms with Gasteiger partial charge in [0.1, 0.15) is 5.75 Å². The highest BCUT2D eigenvalue weighted by molar-refractivity contribution is 5.85. The number of piperazine rings is 1. The van der Waals surface area contributed by atoms with Gasteiger partial charge in [-0.15, -0.1) is 12.4 Å². The second kappa shape index (κ2) is 9.25. The van der Waals surface area contributed by atoms with Gasteiger partial charge in [0.2, 0.25) is 5.91 Å². The summed E-state index contributed by atoms with van der Waals surface area (Å²) in [4.78, 5) is 16.8. The Morgan fingerprint density at radius 2 is 2.08 bits per heavy atom. The lowest BCUT2D eigenvalue weighted by Gasteiger charge is -2.37. The molecule has 0 saturated carbocycles. The van der Waals surface area contributed by atoms with Crippen LogP contribution < -0.4 is 10.1 Å².